The van der Waals surface area contributed by atoms with E-state index in [1.54, 1.807) is 0 Å². The molecule has 1 aromatic rings. The Bertz CT molecular complexity index is 415. The van der Waals surface area contributed by atoms with Gasteiger partial charge in [-0.1, -0.05) is 31.5 Å². The number of fused-ring (bicyclic) bond motifs is 1. The second-order valence-electron chi connectivity index (χ2n) is 6.20. The molecule has 2 unspecified atom stereocenters. The Morgan fingerprint density at radius 1 is 1.26 bits per heavy atom. The maximum Gasteiger partial charge on any atom is 0.0376 e. The van der Waals surface area contributed by atoms with Crippen molar-refractivity contribution in [3.63, 3.8) is 0 Å². The first kappa shape index (κ1) is 13.0. The van der Waals surface area contributed by atoms with E-state index in [-0.39, 0.29) is 0 Å². The molecule has 2 atom stereocenters. The Labute approximate surface area is 117 Å². The van der Waals surface area contributed by atoms with E-state index >= 15 is 0 Å². The number of nitrogens with zero attached hydrogens (tertiary/aromatic N) is 1. The lowest BCUT2D eigenvalue weighted by atomic mass is 9.90. The molecule has 1 aromatic carbocycles. The molecular formula is C17H26N2. The number of benzene rings is 1. The maximum absolute atomic E-state index is 3.53. The molecule has 19 heavy (non-hydrogen) atoms. The molecule has 0 amide bonds. The number of hydrogen-bond acceptors (Lipinski definition) is 2. The van der Waals surface area contributed by atoms with E-state index in [0.29, 0.717) is 0 Å². The van der Waals surface area contributed by atoms with Gasteiger partial charge in [0.2, 0.25) is 0 Å². The van der Waals surface area contributed by atoms with Crippen LogP contribution in [0.2, 0.25) is 0 Å². The molecule has 1 N–H and O–H groups in total. The molecule has 1 saturated heterocycles. The van der Waals surface area contributed by atoms with Gasteiger partial charge in [0.05, 0.1) is 0 Å². The molecule has 0 aliphatic carbocycles. The van der Waals surface area contributed by atoms with Gasteiger partial charge in [-0.2, -0.15) is 0 Å². The minimum atomic E-state index is 0.734. The van der Waals surface area contributed by atoms with Gasteiger partial charge in [0.1, 0.15) is 0 Å². The Hall–Kier alpha value is -1.02. The van der Waals surface area contributed by atoms with Crippen molar-refractivity contribution in [3.8, 4) is 0 Å². The number of anilines is 1. The SMILES string of the molecule is CCCC1CCN(CC2CCNc3ccccc32)C1. The van der Waals surface area contributed by atoms with Gasteiger partial charge in [-0.15, -0.1) is 0 Å². The Balaban J connectivity index is 1.62. The molecule has 2 heterocycles. The largest absolute Gasteiger partial charge is 0.385 e. The normalized spacial score (nSPS) is 27.0. The fraction of sp³-hybridized carbons (Fsp3) is 0.647. The van der Waals surface area contributed by atoms with Crippen LogP contribution < -0.4 is 5.32 Å². The van der Waals surface area contributed by atoms with Crippen LogP contribution in [0.3, 0.4) is 0 Å². The van der Waals surface area contributed by atoms with E-state index in [2.05, 4.69) is 41.4 Å². The standard InChI is InChI=1S/C17H26N2/c1-2-5-14-9-11-19(12-14)13-15-8-10-18-17-7-4-3-6-16(15)17/h3-4,6-7,14-15,18H,2,5,8-13H2,1H3. The van der Waals surface area contributed by atoms with Crippen LogP contribution in [0.15, 0.2) is 24.3 Å². The van der Waals surface area contributed by atoms with Gasteiger partial charge in [-0.3, -0.25) is 0 Å². The highest BCUT2D eigenvalue weighted by atomic mass is 15.1. The zero-order valence-electron chi connectivity index (χ0n) is 12.1. The van der Waals surface area contributed by atoms with E-state index in [1.807, 2.05) is 0 Å². The van der Waals surface area contributed by atoms with Gasteiger partial charge in [0.15, 0.2) is 0 Å². The van der Waals surface area contributed by atoms with Crippen LogP contribution in [0.25, 0.3) is 0 Å². The van der Waals surface area contributed by atoms with Crippen molar-refractivity contribution in [1.29, 1.82) is 0 Å². The highest BCUT2D eigenvalue weighted by molar-refractivity contribution is 5.54. The lowest BCUT2D eigenvalue weighted by Crippen LogP contribution is -2.30. The molecule has 2 aliphatic heterocycles. The molecule has 3 rings (SSSR count). The average molecular weight is 258 g/mol. The third kappa shape index (κ3) is 2.94. The second kappa shape index (κ2) is 5.96. The highest BCUT2D eigenvalue weighted by Crippen LogP contribution is 2.33. The minimum absolute atomic E-state index is 0.734. The Kier molecular flexibility index (Phi) is 4.07. The Morgan fingerprint density at radius 3 is 3.05 bits per heavy atom. The van der Waals surface area contributed by atoms with Gasteiger partial charge in [-0.05, 0) is 43.4 Å². The third-order valence-corrected chi connectivity index (χ3v) is 4.75. The van der Waals surface area contributed by atoms with E-state index in [4.69, 9.17) is 0 Å². The van der Waals surface area contributed by atoms with Crippen LogP contribution in [0, 0.1) is 5.92 Å². The monoisotopic (exact) mass is 258 g/mol. The summed E-state index contributed by atoms with van der Waals surface area (Å²) in [4.78, 5) is 2.70. The number of hydrogen-bond donors (Lipinski definition) is 1. The third-order valence-electron chi connectivity index (χ3n) is 4.75. The molecule has 2 heteroatoms. The smallest absolute Gasteiger partial charge is 0.0376 e. The summed E-state index contributed by atoms with van der Waals surface area (Å²) in [7, 11) is 0. The zero-order valence-corrected chi connectivity index (χ0v) is 12.1. The van der Waals surface area contributed by atoms with Crippen LogP contribution in [0.5, 0.6) is 0 Å². The Morgan fingerprint density at radius 2 is 2.16 bits per heavy atom. The first-order chi connectivity index (χ1) is 9.36. The fourth-order valence-corrected chi connectivity index (χ4v) is 3.77. The minimum Gasteiger partial charge on any atom is -0.385 e. The summed E-state index contributed by atoms with van der Waals surface area (Å²) in [5, 5.41) is 3.53. The van der Waals surface area contributed by atoms with Crippen molar-refractivity contribution in [2.45, 2.75) is 38.5 Å². The summed E-state index contributed by atoms with van der Waals surface area (Å²) in [6, 6.07) is 8.86. The highest BCUT2D eigenvalue weighted by Gasteiger charge is 2.26. The zero-order chi connectivity index (χ0) is 13.1. The van der Waals surface area contributed by atoms with Gasteiger partial charge in [0, 0.05) is 31.2 Å². The quantitative estimate of drug-likeness (QED) is 0.885. The summed E-state index contributed by atoms with van der Waals surface area (Å²) in [6.07, 6.45) is 5.46. The summed E-state index contributed by atoms with van der Waals surface area (Å²) in [5.74, 6) is 1.69. The maximum atomic E-state index is 3.53. The predicted octanol–water partition coefficient (Wildman–Crippen LogP) is 3.71. The van der Waals surface area contributed by atoms with Crippen LogP contribution in [0.1, 0.15) is 44.1 Å². The van der Waals surface area contributed by atoms with Gasteiger partial charge in [-0.25, -0.2) is 0 Å². The molecule has 2 nitrogen and oxygen atoms in total. The van der Waals surface area contributed by atoms with E-state index < -0.39 is 0 Å². The van der Waals surface area contributed by atoms with Crippen molar-refractivity contribution in [2.75, 3.05) is 31.5 Å². The van der Waals surface area contributed by atoms with Crippen LogP contribution in [0.4, 0.5) is 5.69 Å². The molecule has 0 bridgehead atoms. The molecule has 0 aromatic heterocycles. The molecule has 0 radical (unpaired) electrons. The van der Waals surface area contributed by atoms with Gasteiger partial charge >= 0.3 is 0 Å². The summed E-state index contributed by atoms with van der Waals surface area (Å²) in [5.41, 5.74) is 2.90. The average Bonchev–Trinajstić information content (AvgIpc) is 2.87. The first-order valence-electron chi connectivity index (χ1n) is 7.92. The van der Waals surface area contributed by atoms with Crippen LogP contribution >= 0.6 is 0 Å². The van der Waals surface area contributed by atoms with Crippen molar-refractivity contribution >= 4 is 5.69 Å². The van der Waals surface area contributed by atoms with Crippen molar-refractivity contribution in [2.24, 2.45) is 5.92 Å². The summed E-state index contributed by atoms with van der Waals surface area (Å²) < 4.78 is 0. The number of rotatable bonds is 4. The van der Waals surface area contributed by atoms with Crippen molar-refractivity contribution in [1.82, 2.24) is 4.90 Å². The first-order valence-corrected chi connectivity index (χ1v) is 7.92. The van der Waals surface area contributed by atoms with Crippen LogP contribution in [-0.4, -0.2) is 31.1 Å². The molecule has 104 valence electrons. The molecule has 0 spiro atoms. The predicted molar refractivity (Wildman–Crippen MR) is 81.7 cm³/mol. The number of likely N-dealkylation sites (tertiary alicyclic amines) is 1. The van der Waals surface area contributed by atoms with E-state index in [9.17, 15) is 0 Å². The van der Waals surface area contributed by atoms with Gasteiger partial charge in [0.25, 0.3) is 0 Å². The number of para-hydroxylation sites is 1. The lowest BCUT2D eigenvalue weighted by molar-refractivity contribution is 0.293. The summed E-state index contributed by atoms with van der Waals surface area (Å²) in [6.45, 7) is 7.36. The van der Waals surface area contributed by atoms with Crippen LogP contribution in [-0.2, 0) is 0 Å². The molecule has 1 fully saturated rings. The van der Waals surface area contributed by atoms with Crippen molar-refractivity contribution < 1.29 is 0 Å². The van der Waals surface area contributed by atoms with Crippen molar-refractivity contribution in [3.05, 3.63) is 29.8 Å². The molecular weight excluding hydrogens is 232 g/mol. The topological polar surface area (TPSA) is 15.3 Å². The number of nitrogens with one attached hydrogen (secondary N) is 1. The summed E-state index contributed by atoms with van der Waals surface area (Å²) >= 11 is 0. The van der Waals surface area contributed by atoms with E-state index in [0.717, 1.165) is 18.4 Å². The lowest BCUT2D eigenvalue weighted by Gasteiger charge is -2.30. The van der Waals surface area contributed by atoms with E-state index in [1.165, 1.54) is 56.6 Å². The molecule has 0 saturated carbocycles. The fourth-order valence-electron chi connectivity index (χ4n) is 3.77. The van der Waals surface area contributed by atoms with Gasteiger partial charge < -0.3 is 10.2 Å². The molecule has 2 aliphatic rings. The second-order valence-corrected chi connectivity index (χ2v) is 6.20.